The predicted octanol–water partition coefficient (Wildman–Crippen LogP) is 6.98. The maximum atomic E-state index is 12.6. The van der Waals surface area contributed by atoms with E-state index in [0.717, 1.165) is 21.7 Å². The lowest BCUT2D eigenvalue weighted by atomic mass is 10.1. The predicted molar refractivity (Wildman–Crippen MR) is 131 cm³/mol. The van der Waals surface area contributed by atoms with Crippen LogP contribution in [0.3, 0.4) is 0 Å². The molecule has 3 aromatic rings. The first-order chi connectivity index (χ1) is 14.7. The van der Waals surface area contributed by atoms with Gasteiger partial charge < -0.3 is 10.6 Å². The van der Waals surface area contributed by atoms with Crippen LogP contribution in [0.5, 0.6) is 0 Å². The Kier molecular flexibility index (Phi) is 7.65. The van der Waals surface area contributed by atoms with Crippen molar-refractivity contribution < 1.29 is 9.59 Å². The molecule has 0 radical (unpaired) electrons. The molecule has 1 atom stereocenters. The average Bonchev–Trinajstić information content (AvgIpc) is 2.72. The highest BCUT2D eigenvalue weighted by atomic mass is 35.5. The van der Waals surface area contributed by atoms with Gasteiger partial charge in [-0.25, -0.2) is 0 Å². The summed E-state index contributed by atoms with van der Waals surface area (Å²) in [5, 5.41) is 6.32. The zero-order valence-corrected chi connectivity index (χ0v) is 19.7. The molecule has 4 nitrogen and oxygen atoms in total. The Morgan fingerprint density at radius 2 is 1.55 bits per heavy atom. The first-order valence-electron chi connectivity index (χ1n) is 9.65. The Bertz CT molecular complexity index is 1100. The van der Waals surface area contributed by atoms with E-state index in [1.165, 1.54) is 17.8 Å². The number of hydrogen-bond donors (Lipinski definition) is 2. The molecule has 0 aliphatic rings. The van der Waals surface area contributed by atoms with Gasteiger partial charge in [0.1, 0.15) is 0 Å². The lowest BCUT2D eigenvalue weighted by molar-refractivity contribution is -0.115. The number of anilines is 2. The van der Waals surface area contributed by atoms with Crippen molar-refractivity contribution in [2.45, 2.75) is 30.9 Å². The van der Waals surface area contributed by atoms with E-state index in [0.29, 0.717) is 21.3 Å². The van der Waals surface area contributed by atoms with E-state index in [2.05, 4.69) is 10.6 Å². The van der Waals surface area contributed by atoms with Gasteiger partial charge in [-0.1, -0.05) is 41.4 Å². The second-order valence-corrected chi connectivity index (χ2v) is 9.38. The van der Waals surface area contributed by atoms with Crippen LogP contribution in [0.15, 0.2) is 65.6 Å². The van der Waals surface area contributed by atoms with Crippen molar-refractivity contribution in [2.24, 2.45) is 0 Å². The summed E-state index contributed by atoms with van der Waals surface area (Å²) in [6.07, 6.45) is 0. The molecular formula is C24H22Cl2N2O2S. The molecule has 0 saturated carbocycles. The van der Waals surface area contributed by atoms with Gasteiger partial charge in [-0.2, -0.15) is 0 Å². The first-order valence-corrected chi connectivity index (χ1v) is 11.3. The summed E-state index contributed by atoms with van der Waals surface area (Å²) in [5.74, 6) is -0.374. The Hall–Kier alpha value is -2.47. The minimum Gasteiger partial charge on any atom is -0.325 e. The molecule has 0 saturated heterocycles. The molecular weight excluding hydrogens is 451 g/mol. The summed E-state index contributed by atoms with van der Waals surface area (Å²) in [7, 11) is 0. The van der Waals surface area contributed by atoms with Gasteiger partial charge in [0, 0.05) is 21.3 Å². The highest BCUT2D eigenvalue weighted by Gasteiger charge is 2.17. The number of nitrogens with one attached hydrogen (secondary N) is 2. The van der Waals surface area contributed by atoms with E-state index >= 15 is 0 Å². The van der Waals surface area contributed by atoms with Crippen LogP contribution < -0.4 is 10.6 Å². The SMILES string of the molecule is Cc1cccc(C)c1NC(=O)C(C)Sc1ccc(NC(=O)c2ccc(Cl)cc2Cl)cc1. The smallest absolute Gasteiger partial charge is 0.257 e. The summed E-state index contributed by atoms with van der Waals surface area (Å²) in [4.78, 5) is 26.0. The molecule has 160 valence electrons. The number of thioether (sulfide) groups is 1. The van der Waals surface area contributed by atoms with Crippen molar-refractivity contribution in [2.75, 3.05) is 10.6 Å². The van der Waals surface area contributed by atoms with Crippen LogP contribution in [0, 0.1) is 13.8 Å². The summed E-state index contributed by atoms with van der Waals surface area (Å²) in [6, 6.07) is 18.0. The third-order valence-corrected chi connectivity index (χ3v) is 6.36. The number of para-hydroxylation sites is 1. The molecule has 7 heteroatoms. The molecule has 0 aliphatic heterocycles. The molecule has 1 unspecified atom stereocenters. The van der Waals surface area contributed by atoms with Gasteiger partial charge in [0.2, 0.25) is 5.91 Å². The molecule has 31 heavy (non-hydrogen) atoms. The average molecular weight is 473 g/mol. The molecule has 3 aromatic carbocycles. The van der Waals surface area contributed by atoms with E-state index in [1.54, 1.807) is 24.3 Å². The van der Waals surface area contributed by atoms with Gasteiger partial charge in [0.15, 0.2) is 0 Å². The third-order valence-electron chi connectivity index (χ3n) is 4.70. The van der Waals surface area contributed by atoms with Crippen molar-refractivity contribution >= 4 is 58.2 Å². The van der Waals surface area contributed by atoms with Crippen LogP contribution in [0.2, 0.25) is 10.0 Å². The third kappa shape index (κ3) is 6.03. The lowest BCUT2D eigenvalue weighted by Crippen LogP contribution is -2.23. The van der Waals surface area contributed by atoms with Gasteiger partial charge in [0.25, 0.3) is 5.91 Å². The Morgan fingerprint density at radius 3 is 2.16 bits per heavy atom. The normalized spacial score (nSPS) is 11.6. The summed E-state index contributed by atoms with van der Waals surface area (Å²) < 4.78 is 0. The molecule has 2 N–H and O–H groups in total. The fraction of sp³-hybridized carbons (Fsp3) is 0.167. The van der Waals surface area contributed by atoms with Crippen LogP contribution in [0.4, 0.5) is 11.4 Å². The summed E-state index contributed by atoms with van der Waals surface area (Å²) >= 11 is 13.4. The van der Waals surface area contributed by atoms with Crippen LogP contribution in [-0.2, 0) is 4.79 Å². The number of rotatable bonds is 6. The number of hydrogen-bond acceptors (Lipinski definition) is 3. The van der Waals surface area contributed by atoms with Crippen LogP contribution in [0.25, 0.3) is 0 Å². The van der Waals surface area contributed by atoms with E-state index < -0.39 is 0 Å². The second kappa shape index (κ2) is 10.2. The molecule has 0 aromatic heterocycles. The minimum atomic E-state index is -0.316. The molecule has 0 bridgehead atoms. The number of aryl methyl sites for hydroxylation is 2. The summed E-state index contributed by atoms with van der Waals surface area (Å²) in [5.41, 5.74) is 3.91. The van der Waals surface area contributed by atoms with E-state index in [-0.39, 0.29) is 17.1 Å². The Morgan fingerprint density at radius 1 is 0.903 bits per heavy atom. The standard InChI is InChI=1S/C24H22Cl2N2O2S/c1-14-5-4-6-15(2)22(14)28-23(29)16(3)31-19-10-8-18(9-11-19)27-24(30)20-12-7-17(25)13-21(20)26/h4-13,16H,1-3H3,(H,27,30)(H,28,29). The van der Waals surface area contributed by atoms with Gasteiger partial charge in [-0.3, -0.25) is 9.59 Å². The highest BCUT2D eigenvalue weighted by Crippen LogP contribution is 2.28. The van der Waals surface area contributed by atoms with Crippen molar-refractivity contribution in [3.8, 4) is 0 Å². The maximum absolute atomic E-state index is 12.6. The fourth-order valence-electron chi connectivity index (χ4n) is 2.98. The van der Waals surface area contributed by atoms with E-state index in [1.807, 2.05) is 51.1 Å². The Labute approximate surface area is 196 Å². The van der Waals surface area contributed by atoms with Gasteiger partial charge >= 0.3 is 0 Å². The zero-order chi connectivity index (χ0) is 22.5. The highest BCUT2D eigenvalue weighted by molar-refractivity contribution is 8.00. The first kappa shape index (κ1) is 23.2. The largest absolute Gasteiger partial charge is 0.325 e. The molecule has 2 amide bonds. The molecule has 0 heterocycles. The molecule has 0 fully saturated rings. The Balaban J connectivity index is 1.61. The molecule has 0 aliphatic carbocycles. The van der Waals surface area contributed by atoms with Gasteiger partial charge in [-0.15, -0.1) is 11.8 Å². The summed E-state index contributed by atoms with van der Waals surface area (Å²) in [6.45, 7) is 5.82. The van der Waals surface area contributed by atoms with Crippen molar-refractivity contribution in [1.29, 1.82) is 0 Å². The topological polar surface area (TPSA) is 58.2 Å². The van der Waals surface area contributed by atoms with Crippen LogP contribution >= 0.6 is 35.0 Å². The molecule has 3 rings (SSSR count). The number of amides is 2. The second-order valence-electron chi connectivity index (χ2n) is 7.12. The van der Waals surface area contributed by atoms with Crippen LogP contribution in [0.1, 0.15) is 28.4 Å². The number of carbonyl (C=O) groups excluding carboxylic acids is 2. The van der Waals surface area contributed by atoms with Gasteiger partial charge in [-0.05, 0) is 74.4 Å². The number of halogens is 2. The monoisotopic (exact) mass is 472 g/mol. The minimum absolute atomic E-state index is 0.0582. The maximum Gasteiger partial charge on any atom is 0.257 e. The number of carbonyl (C=O) groups is 2. The van der Waals surface area contributed by atoms with E-state index in [4.69, 9.17) is 23.2 Å². The van der Waals surface area contributed by atoms with Crippen LogP contribution in [-0.4, -0.2) is 17.1 Å². The quantitative estimate of drug-likeness (QED) is 0.380. The zero-order valence-electron chi connectivity index (χ0n) is 17.3. The van der Waals surface area contributed by atoms with Crippen molar-refractivity contribution in [1.82, 2.24) is 0 Å². The lowest BCUT2D eigenvalue weighted by Gasteiger charge is -2.15. The van der Waals surface area contributed by atoms with Crippen molar-refractivity contribution in [3.63, 3.8) is 0 Å². The molecule has 0 spiro atoms. The van der Waals surface area contributed by atoms with Gasteiger partial charge in [0.05, 0.1) is 15.8 Å². The van der Waals surface area contributed by atoms with E-state index in [9.17, 15) is 9.59 Å². The number of benzene rings is 3. The fourth-order valence-corrected chi connectivity index (χ4v) is 4.34. The van der Waals surface area contributed by atoms with Crippen molar-refractivity contribution in [3.05, 3.63) is 87.4 Å².